The van der Waals surface area contributed by atoms with Crippen molar-refractivity contribution < 1.29 is 18.7 Å². The number of unbranched alkanes of at least 4 members (excludes halogenated alkanes) is 1. The van der Waals surface area contributed by atoms with Gasteiger partial charge in [0.1, 0.15) is 18.2 Å². The molecule has 3 aromatic rings. The molecule has 4 rings (SSSR count). The van der Waals surface area contributed by atoms with Crippen LogP contribution in [0.4, 0.5) is 10.1 Å². The fraction of sp³-hybridized carbons (Fsp3) is 0.480. The maximum atomic E-state index is 14.4. The van der Waals surface area contributed by atoms with E-state index in [0.717, 1.165) is 18.4 Å². The number of amides is 1. The van der Waals surface area contributed by atoms with E-state index in [0.29, 0.717) is 25.3 Å². The van der Waals surface area contributed by atoms with Crippen molar-refractivity contribution in [2.45, 2.75) is 66.2 Å². The summed E-state index contributed by atoms with van der Waals surface area (Å²) < 4.78 is 23.0. The zero-order chi connectivity index (χ0) is 26.0. The lowest BCUT2D eigenvalue weighted by Gasteiger charge is -2.17. The average molecular weight is 500 g/mol. The summed E-state index contributed by atoms with van der Waals surface area (Å²) in [6, 6.07) is 4.57. The zero-order valence-electron chi connectivity index (χ0n) is 20.7. The van der Waals surface area contributed by atoms with Gasteiger partial charge in [-0.05, 0) is 37.5 Å². The van der Waals surface area contributed by atoms with Crippen molar-refractivity contribution in [1.29, 1.82) is 0 Å². The van der Waals surface area contributed by atoms with E-state index in [1.165, 1.54) is 21.6 Å². The zero-order valence-corrected chi connectivity index (χ0v) is 20.7. The number of nitrogens with zero attached hydrogens (tertiary/aromatic N) is 4. The molecule has 1 N–H and O–H groups in total. The van der Waals surface area contributed by atoms with Crippen molar-refractivity contribution in [2.24, 2.45) is 5.92 Å². The minimum Gasteiger partial charge on any atom is -0.457 e. The van der Waals surface area contributed by atoms with E-state index >= 15 is 0 Å². The normalized spacial score (nSPS) is 15.7. The van der Waals surface area contributed by atoms with Crippen molar-refractivity contribution in [3.05, 3.63) is 56.2 Å². The lowest BCUT2D eigenvalue weighted by atomic mass is 10.1. The summed E-state index contributed by atoms with van der Waals surface area (Å²) in [5, 5.41) is 0. The lowest BCUT2D eigenvalue weighted by molar-refractivity contribution is -0.150. The van der Waals surface area contributed by atoms with Crippen molar-refractivity contribution in [3.63, 3.8) is 0 Å². The van der Waals surface area contributed by atoms with Crippen LogP contribution >= 0.6 is 0 Å². The fourth-order valence-electron chi connectivity index (χ4n) is 4.50. The molecule has 2 aromatic heterocycles. The number of carbonyl (C=O) groups is 2. The standard InChI is InChI=1S/C25H30FN5O5/c1-4-6-10-30-22-21(23(33)28-25(30)35)29(9-5-2)19(27-22)14-36-24(34)16-12-20(32)31(13-16)18-8-7-15(3)11-17(18)26/h7-8,11,16H,4-6,9-10,12-14H2,1-3H3,(H,28,33,35). The van der Waals surface area contributed by atoms with E-state index in [9.17, 15) is 23.6 Å². The van der Waals surface area contributed by atoms with Gasteiger partial charge in [-0.3, -0.25) is 23.9 Å². The highest BCUT2D eigenvalue weighted by atomic mass is 19.1. The Bertz CT molecular complexity index is 1420. The van der Waals surface area contributed by atoms with Gasteiger partial charge < -0.3 is 14.2 Å². The summed E-state index contributed by atoms with van der Waals surface area (Å²) in [6.45, 7) is 6.32. The number of nitrogens with one attached hydrogen (secondary N) is 1. The third-order valence-corrected chi connectivity index (χ3v) is 6.34. The predicted octanol–water partition coefficient (Wildman–Crippen LogP) is 2.64. The van der Waals surface area contributed by atoms with Gasteiger partial charge in [0.25, 0.3) is 5.56 Å². The Morgan fingerprint density at radius 1 is 1.17 bits per heavy atom. The number of H-pyrrole nitrogens is 1. The number of aryl methyl sites for hydroxylation is 3. The Kier molecular flexibility index (Phi) is 7.37. The van der Waals surface area contributed by atoms with Crippen molar-refractivity contribution in [1.82, 2.24) is 19.1 Å². The van der Waals surface area contributed by atoms with E-state index in [1.54, 1.807) is 17.6 Å². The molecule has 0 aliphatic carbocycles. The number of aromatic amines is 1. The van der Waals surface area contributed by atoms with Crippen LogP contribution in [0.3, 0.4) is 0 Å². The molecule has 10 nitrogen and oxygen atoms in total. The van der Waals surface area contributed by atoms with Crippen LogP contribution in [0.25, 0.3) is 11.2 Å². The molecule has 1 aromatic carbocycles. The van der Waals surface area contributed by atoms with Crippen LogP contribution in [0, 0.1) is 18.7 Å². The summed E-state index contributed by atoms with van der Waals surface area (Å²) in [4.78, 5) is 58.5. The first-order chi connectivity index (χ1) is 17.2. The minimum atomic E-state index is -0.756. The predicted molar refractivity (Wildman–Crippen MR) is 131 cm³/mol. The van der Waals surface area contributed by atoms with Crippen LogP contribution in [0.5, 0.6) is 0 Å². The van der Waals surface area contributed by atoms with Crippen molar-refractivity contribution in [3.8, 4) is 0 Å². The molecular formula is C25H30FN5O5. The van der Waals surface area contributed by atoms with Gasteiger partial charge in [-0.25, -0.2) is 14.2 Å². The second-order valence-corrected chi connectivity index (χ2v) is 9.08. The maximum absolute atomic E-state index is 14.4. The van der Waals surface area contributed by atoms with Crippen LogP contribution < -0.4 is 16.1 Å². The number of ether oxygens (including phenoxy) is 1. The molecule has 0 bridgehead atoms. The number of fused-ring (bicyclic) bond motifs is 1. The Morgan fingerprint density at radius 3 is 2.64 bits per heavy atom. The number of aromatic nitrogens is 4. The first-order valence-corrected chi connectivity index (χ1v) is 12.2. The summed E-state index contributed by atoms with van der Waals surface area (Å²) in [6.07, 6.45) is 2.19. The SMILES string of the molecule is CCCCn1c(=O)[nH]c(=O)c2c1nc(COC(=O)C1CC(=O)N(c3ccc(C)cc3F)C1)n2CCC. The number of imidazole rings is 1. The first kappa shape index (κ1) is 25.3. The molecule has 1 atom stereocenters. The Hall–Kier alpha value is -3.76. The maximum Gasteiger partial charge on any atom is 0.330 e. The van der Waals surface area contributed by atoms with E-state index in [4.69, 9.17) is 4.74 Å². The molecule has 0 radical (unpaired) electrons. The number of anilines is 1. The molecule has 0 spiro atoms. The fourth-order valence-corrected chi connectivity index (χ4v) is 4.50. The summed E-state index contributed by atoms with van der Waals surface area (Å²) >= 11 is 0. The number of carbonyl (C=O) groups excluding carboxylic acids is 2. The van der Waals surface area contributed by atoms with Gasteiger partial charge in [0.05, 0.1) is 11.6 Å². The molecule has 0 saturated carbocycles. The minimum absolute atomic E-state index is 0.0131. The number of halogens is 1. The van der Waals surface area contributed by atoms with Crippen molar-refractivity contribution in [2.75, 3.05) is 11.4 Å². The molecule has 3 heterocycles. The summed E-state index contributed by atoms with van der Waals surface area (Å²) in [5.41, 5.74) is 0.309. The highest BCUT2D eigenvalue weighted by molar-refractivity contribution is 5.99. The quantitative estimate of drug-likeness (QED) is 0.452. The molecule has 1 aliphatic rings. The Balaban J connectivity index is 1.56. The first-order valence-electron chi connectivity index (χ1n) is 12.2. The number of hydrogen-bond acceptors (Lipinski definition) is 6. The van der Waals surface area contributed by atoms with Gasteiger partial charge in [-0.2, -0.15) is 0 Å². The summed E-state index contributed by atoms with van der Waals surface area (Å²) in [5.74, 6) is -1.90. The van der Waals surface area contributed by atoms with Crippen molar-refractivity contribution >= 4 is 28.7 Å². The van der Waals surface area contributed by atoms with E-state index in [-0.39, 0.29) is 42.3 Å². The van der Waals surface area contributed by atoms with Gasteiger partial charge >= 0.3 is 11.7 Å². The van der Waals surface area contributed by atoms with Crippen LogP contribution in [-0.4, -0.2) is 37.5 Å². The lowest BCUT2D eigenvalue weighted by Crippen LogP contribution is -2.31. The Morgan fingerprint density at radius 2 is 1.94 bits per heavy atom. The number of benzene rings is 1. The molecule has 1 amide bonds. The molecule has 1 saturated heterocycles. The molecular weight excluding hydrogens is 469 g/mol. The van der Waals surface area contributed by atoms with Gasteiger partial charge in [0.2, 0.25) is 5.91 Å². The largest absolute Gasteiger partial charge is 0.457 e. The molecule has 1 unspecified atom stereocenters. The number of rotatable bonds is 9. The topological polar surface area (TPSA) is 119 Å². The van der Waals surface area contributed by atoms with Crippen LogP contribution in [0.15, 0.2) is 27.8 Å². The van der Waals surface area contributed by atoms with Crippen LogP contribution in [-0.2, 0) is 34.0 Å². The molecule has 36 heavy (non-hydrogen) atoms. The highest BCUT2D eigenvalue weighted by Crippen LogP contribution is 2.29. The van der Waals surface area contributed by atoms with Crippen LogP contribution in [0.2, 0.25) is 0 Å². The van der Waals surface area contributed by atoms with E-state index in [2.05, 4.69) is 9.97 Å². The second-order valence-electron chi connectivity index (χ2n) is 9.08. The van der Waals surface area contributed by atoms with Gasteiger partial charge in [-0.15, -0.1) is 0 Å². The summed E-state index contributed by atoms with van der Waals surface area (Å²) in [7, 11) is 0. The molecule has 11 heteroatoms. The van der Waals surface area contributed by atoms with E-state index in [1.807, 2.05) is 13.8 Å². The average Bonchev–Trinajstić information content (AvgIpc) is 3.39. The molecule has 1 fully saturated rings. The second kappa shape index (κ2) is 10.5. The smallest absolute Gasteiger partial charge is 0.330 e. The third-order valence-electron chi connectivity index (χ3n) is 6.34. The van der Waals surface area contributed by atoms with Crippen LogP contribution in [0.1, 0.15) is 50.9 Å². The Labute approximate surface area is 206 Å². The number of hydrogen-bond donors (Lipinski definition) is 1. The number of esters is 1. The van der Waals surface area contributed by atoms with E-state index < -0.39 is 29.0 Å². The highest BCUT2D eigenvalue weighted by Gasteiger charge is 2.37. The van der Waals surface area contributed by atoms with Gasteiger partial charge in [0.15, 0.2) is 11.2 Å². The van der Waals surface area contributed by atoms with Gasteiger partial charge in [0, 0.05) is 26.1 Å². The third kappa shape index (κ3) is 4.82. The monoisotopic (exact) mass is 499 g/mol. The molecule has 192 valence electrons. The van der Waals surface area contributed by atoms with Gasteiger partial charge in [-0.1, -0.05) is 26.3 Å². The molecule has 1 aliphatic heterocycles.